The van der Waals surface area contributed by atoms with Gasteiger partial charge in [0.2, 0.25) is 0 Å². The van der Waals surface area contributed by atoms with Crippen LogP contribution in [-0.2, 0) is 13.0 Å². The summed E-state index contributed by atoms with van der Waals surface area (Å²) in [6.45, 7) is 2.53. The fraction of sp³-hybridized carbons (Fsp3) is 0.273. The summed E-state index contributed by atoms with van der Waals surface area (Å²) in [5.74, 6) is 1.46. The number of aryl methyl sites for hydroxylation is 1. The molecule has 0 bridgehead atoms. The molecular weight excluding hydrogens is 207 g/mol. The van der Waals surface area contributed by atoms with Gasteiger partial charge in [-0.15, -0.1) is 10.2 Å². The van der Waals surface area contributed by atoms with Crippen LogP contribution in [0.25, 0.3) is 5.69 Å². The third-order valence-electron chi connectivity index (χ3n) is 2.77. The number of aromatic nitrogens is 3. The Hall–Kier alpha value is -1.91. The number of para-hydroxylation sites is 1. The second kappa shape index (κ2) is 3.30. The molecule has 0 saturated carbocycles. The molecule has 0 spiro atoms. The Morgan fingerprint density at radius 1 is 1.44 bits per heavy atom. The molecule has 82 valence electrons. The molecule has 1 aliphatic rings. The van der Waals surface area contributed by atoms with E-state index < -0.39 is 0 Å². The van der Waals surface area contributed by atoms with Gasteiger partial charge in [0.1, 0.15) is 11.6 Å². The van der Waals surface area contributed by atoms with Crippen LogP contribution in [0, 0.1) is 5.82 Å². The van der Waals surface area contributed by atoms with Crippen molar-refractivity contribution in [2.45, 2.75) is 19.9 Å². The van der Waals surface area contributed by atoms with Crippen molar-refractivity contribution in [2.75, 3.05) is 5.32 Å². The van der Waals surface area contributed by atoms with Crippen LogP contribution < -0.4 is 5.32 Å². The smallest absolute Gasteiger partial charge is 0.157 e. The maximum atomic E-state index is 13.6. The van der Waals surface area contributed by atoms with Crippen molar-refractivity contribution in [1.29, 1.82) is 0 Å². The van der Waals surface area contributed by atoms with Gasteiger partial charge in [-0.1, -0.05) is 13.0 Å². The van der Waals surface area contributed by atoms with E-state index in [1.165, 1.54) is 6.07 Å². The molecule has 0 unspecified atom stereocenters. The van der Waals surface area contributed by atoms with E-state index in [9.17, 15) is 4.39 Å². The molecule has 16 heavy (non-hydrogen) atoms. The monoisotopic (exact) mass is 218 g/mol. The van der Waals surface area contributed by atoms with E-state index >= 15 is 0 Å². The Morgan fingerprint density at radius 2 is 2.31 bits per heavy atom. The summed E-state index contributed by atoms with van der Waals surface area (Å²) in [6, 6.07) is 5.02. The standard InChI is InChI=1S/C11H11FN4/c1-2-9-14-15-10-6-13-11-7(12)4-3-5-8(11)16(9)10/h3-5,13H,2,6H2,1H3. The minimum atomic E-state index is -0.237. The van der Waals surface area contributed by atoms with Crippen molar-refractivity contribution in [3.8, 4) is 5.69 Å². The Morgan fingerprint density at radius 3 is 3.12 bits per heavy atom. The number of fused-ring (bicyclic) bond motifs is 3. The summed E-state index contributed by atoms with van der Waals surface area (Å²) in [7, 11) is 0. The number of nitrogens with zero attached hydrogens (tertiary/aromatic N) is 3. The quantitative estimate of drug-likeness (QED) is 0.794. The first-order valence-electron chi connectivity index (χ1n) is 5.27. The Bertz CT molecular complexity index is 533. The van der Waals surface area contributed by atoms with Gasteiger partial charge >= 0.3 is 0 Å². The van der Waals surface area contributed by atoms with Gasteiger partial charge in [-0.25, -0.2) is 4.39 Å². The average molecular weight is 218 g/mol. The van der Waals surface area contributed by atoms with Crippen molar-refractivity contribution in [3.05, 3.63) is 35.7 Å². The topological polar surface area (TPSA) is 42.7 Å². The summed E-state index contributed by atoms with van der Waals surface area (Å²) in [6.07, 6.45) is 0.781. The predicted octanol–water partition coefficient (Wildman–Crippen LogP) is 1.89. The zero-order chi connectivity index (χ0) is 11.1. The van der Waals surface area contributed by atoms with Crippen molar-refractivity contribution < 1.29 is 4.39 Å². The number of halogens is 1. The molecule has 0 fully saturated rings. The normalized spacial score (nSPS) is 12.9. The lowest BCUT2D eigenvalue weighted by Gasteiger charge is -2.20. The van der Waals surface area contributed by atoms with Crippen LogP contribution in [0.5, 0.6) is 0 Å². The molecule has 3 rings (SSSR count). The highest BCUT2D eigenvalue weighted by Gasteiger charge is 2.21. The van der Waals surface area contributed by atoms with Gasteiger partial charge in [0.25, 0.3) is 0 Å². The van der Waals surface area contributed by atoms with Crippen LogP contribution in [0.2, 0.25) is 0 Å². The molecular formula is C11H11FN4. The number of hydrogen-bond acceptors (Lipinski definition) is 3. The molecule has 4 nitrogen and oxygen atoms in total. The number of anilines is 1. The second-order valence-corrected chi connectivity index (χ2v) is 3.71. The lowest BCUT2D eigenvalue weighted by Crippen LogP contribution is -2.18. The predicted molar refractivity (Wildman–Crippen MR) is 58.0 cm³/mol. The summed E-state index contributed by atoms with van der Waals surface area (Å²) < 4.78 is 15.5. The van der Waals surface area contributed by atoms with Crippen LogP contribution in [0.15, 0.2) is 18.2 Å². The lowest BCUT2D eigenvalue weighted by molar-refractivity contribution is 0.625. The number of rotatable bonds is 1. The first-order chi connectivity index (χ1) is 7.81. The first kappa shape index (κ1) is 9.33. The average Bonchev–Trinajstić information content (AvgIpc) is 2.72. The molecule has 1 N–H and O–H groups in total. The molecule has 1 aliphatic heterocycles. The molecule has 0 atom stereocenters. The van der Waals surface area contributed by atoms with Crippen LogP contribution in [0.3, 0.4) is 0 Å². The zero-order valence-corrected chi connectivity index (χ0v) is 8.87. The van der Waals surface area contributed by atoms with Crippen LogP contribution in [0.4, 0.5) is 10.1 Å². The summed E-state index contributed by atoms with van der Waals surface area (Å²) in [5, 5.41) is 11.2. The van der Waals surface area contributed by atoms with Crippen molar-refractivity contribution in [1.82, 2.24) is 14.8 Å². The minimum Gasteiger partial charge on any atom is -0.374 e. The third kappa shape index (κ3) is 1.14. The van der Waals surface area contributed by atoms with E-state index in [1.54, 1.807) is 6.07 Å². The van der Waals surface area contributed by atoms with Gasteiger partial charge < -0.3 is 5.32 Å². The Kier molecular flexibility index (Phi) is 1.92. The van der Waals surface area contributed by atoms with Crippen molar-refractivity contribution in [2.24, 2.45) is 0 Å². The fourth-order valence-corrected chi connectivity index (χ4v) is 2.02. The van der Waals surface area contributed by atoms with Gasteiger partial charge in [0, 0.05) is 6.42 Å². The van der Waals surface area contributed by atoms with Gasteiger partial charge in [-0.2, -0.15) is 0 Å². The summed E-state index contributed by atoms with van der Waals surface area (Å²) in [5.41, 5.74) is 1.33. The molecule has 1 aromatic carbocycles. The fourth-order valence-electron chi connectivity index (χ4n) is 2.02. The van der Waals surface area contributed by atoms with Gasteiger partial charge in [-0.05, 0) is 12.1 Å². The summed E-state index contributed by atoms with van der Waals surface area (Å²) >= 11 is 0. The zero-order valence-electron chi connectivity index (χ0n) is 8.87. The van der Waals surface area contributed by atoms with E-state index in [0.29, 0.717) is 12.2 Å². The molecule has 0 saturated heterocycles. The molecule has 0 amide bonds. The molecule has 0 radical (unpaired) electrons. The number of nitrogens with one attached hydrogen (secondary N) is 1. The van der Waals surface area contributed by atoms with E-state index in [1.807, 2.05) is 17.6 Å². The lowest BCUT2D eigenvalue weighted by atomic mass is 10.2. The largest absolute Gasteiger partial charge is 0.374 e. The van der Waals surface area contributed by atoms with E-state index in [-0.39, 0.29) is 5.82 Å². The number of benzene rings is 1. The highest BCUT2D eigenvalue weighted by atomic mass is 19.1. The van der Waals surface area contributed by atoms with Crippen molar-refractivity contribution in [3.63, 3.8) is 0 Å². The van der Waals surface area contributed by atoms with Gasteiger partial charge in [0.05, 0.1) is 17.9 Å². The SMILES string of the molecule is CCc1nnc2n1-c1cccc(F)c1NC2. The highest BCUT2D eigenvalue weighted by Crippen LogP contribution is 2.29. The van der Waals surface area contributed by atoms with Crippen molar-refractivity contribution >= 4 is 5.69 Å². The molecule has 1 aromatic heterocycles. The number of hydrogen-bond donors (Lipinski definition) is 1. The van der Waals surface area contributed by atoms with E-state index in [0.717, 1.165) is 23.8 Å². The maximum Gasteiger partial charge on any atom is 0.157 e. The Labute approximate surface area is 92.1 Å². The molecule has 2 aromatic rings. The van der Waals surface area contributed by atoms with E-state index in [2.05, 4.69) is 15.5 Å². The maximum absolute atomic E-state index is 13.6. The van der Waals surface area contributed by atoms with Crippen LogP contribution in [-0.4, -0.2) is 14.8 Å². The molecule has 5 heteroatoms. The van der Waals surface area contributed by atoms with Gasteiger partial charge in [0.15, 0.2) is 5.82 Å². The minimum absolute atomic E-state index is 0.237. The van der Waals surface area contributed by atoms with Crippen LogP contribution in [0.1, 0.15) is 18.6 Å². The summed E-state index contributed by atoms with van der Waals surface area (Å²) in [4.78, 5) is 0. The Balaban J connectivity index is 2.29. The van der Waals surface area contributed by atoms with Crippen LogP contribution >= 0.6 is 0 Å². The second-order valence-electron chi connectivity index (χ2n) is 3.71. The first-order valence-corrected chi connectivity index (χ1v) is 5.27. The van der Waals surface area contributed by atoms with E-state index in [4.69, 9.17) is 0 Å². The highest BCUT2D eigenvalue weighted by molar-refractivity contribution is 5.64. The van der Waals surface area contributed by atoms with Gasteiger partial charge in [-0.3, -0.25) is 4.57 Å². The molecule has 2 heterocycles. The third-order valence-corrected chi connectivity index (χ3v) is 2.77. The molecule has 0 aliphatic carbocycles.